The van der Waals surface area contributed by atoms with E-state index in [9.17, 15) is 0 Å². The van der Waals surface area contributed by atoms with Crippen molar-refractivity contribution in [3.63, 3.8) is 0 Å². The standard InChI is InChI=1S/C15H18/c1-2-5-13-12-8-9-14(13)15(10-12)11-6-3-4-7-11/h3-4,6,10,15H,2,5,7-9H2,1H3. The van der Waals surface area contributed by atoms with E-state index in [1.165, 1.54) is 32.1 Å². The Kier molecular flexibility index (Phi) is 2.16. The SMILES string of the molecule is CCCC1=C2CCC1=CC2C1=CC=CC1. The minimum absolute atomic E-state index is 0.685. The second-order valence-corrected chi connectivity index (χ2v) is 4.80. The molecule has 0 aromatic carbocycles. The van der Waals surface area contributed by atoms with Crippen molar-refractivity contribution in [2.75, 3.05) is 0 Å². The lowest BCUT2D eigenvalue weighted by Gasteiger charge is -2.16. The van der Waals surface area contributed by atoms with Crippen LogP contribution in [-0.2, 0) is 0 Å². The lowest BCUT2D eigenvalue weighted by atomic mass is 9.88. The molecule has 3 rings (SSSR count). The Morgan fingerprint density at radius 3 is 3.00 bits per heavy atom. The number of allylic oxidation sites excluding steroid dienone is 8. The molecule has 1 atom stereocenters. The second-order valence-electron chi connectivity index (χ2n) is 4.80. The zero-order valence-corrected chi connectivity index (χ0v) is 9.42. The molecule has 0 saturated heterocycles. The van der Waals surface area contributed by atoms with Crippen LogP contribution >= 0.6 is 0 Å². The summed E-state index contributed by atoms with van der Waals surface area (Å²) >= 11 is 0. The van der Waals surface area contributed by atoms with Crippen LogP contribution in [0.1, 0.15) is 39.0 Å². The van der Waals surface area contributed by atoms with Crippen LogP contribution in [0.2, 0.25) is 0 Å². The molecule has 0 heterocycles. The van der Waals surface area contributed by atoms with E-state index < -0.39 is 0 Å². The Bertz CT molecular complexity index is 402. The fourth-order valence-corrected chi connectivity index (χ4v) is 3.20. The summed E-state index contributed by atoms with van der Waals surface area (Å²) in [7, 11) is 0. The third-order valence-corrected chi connectivity index (χ3v) is 3.88. The van der Waals surface area contributed by atoms with E-state index >= 15 is 0 Å². The monoisotopic (exact) mass is 198 g/mol. The van der Waals surface area contributed by atoms with E-state index in [1.54, 1.807) is 22.3 Å². The summed E-state index contributed by atoms with van der Waals surface area (Å²) < 4.78 is 0. The van der Waals surface area contributed by atoms with Crippen LogP contribution in [-0.4, -0.2) is 0 Å². The van der Waals surface area contributed by atoms with Gasteiger partial charge in [-0.05, 0) is 36.8 Å². The summed E-state index contributed by atoms with van der Waals surface area (Å²) in [6.07, 6.45) is 15.8. The minimum Gasteiger partial charge on any atom is -0.0804 e. The van der Waals surface area contributed by atoms with E-state index in [2.05, 4.69) is 31.2 Å². The maximum Gasteiger partial charge on any atom is 0.0205 e. The molecule has 2 bridgehead atoms. The van der Waals surface area contributed by atoms with Crippen LogP contribution in [0, 0.1) is 5.92 Å². The van der Waals surface area contributed by atoms with Gasteiger partial charge in [0, 0.05) is 5.92 Å². The average Bonchev–Trinajstić information content (AvgIpc) is 2.93. The van der Waals surface area contributed by atoms with Crippen LogP contribution in [0.4, 0.5) is 0 Å². The van der Waals surface area contributed by atoms with Crippen LogP contribution in [0.15, 0.2) is 46.6 Å². The van der Waals surface area contributed by atoms with Crippen molar-refractivity contribution in [2.45, 2.75) is 39.0 Å². The highest BCUT2D eigenvalue weighted by molar-refractivity contribution is 5.54. The smallest absolute Gasteiger partial charge is 0.0205 e. The Morgan fingerprint density at radius 1 is 1.33 bits per heavy atom. The summed E-state index contributed by atoms with van der Waals surface area (Å²) in [6, 6.07) is 0. The third-order valence-electron chi connectivity index (χ3n) is 3.88. The molecular formula is C15H18. The molecule has 0 N–H and O–H groups in total. The second kappa shape index (κ2) is 3.52. The van der Waals surface area contributed by atoms with Gasteiger partial charge in [-0.2, -0.15) is 0 Å². The molecule has 0 aliphatic heterocycles. The topological polar surface area (TPSA) is 0 Å². The zero-order chi connectivity index (χ0) is 10.3. The van der Waals surface area contributed by atoms with Crippen molar-refractivity contribution in [2.24, 2.45) is 5.92 Å². The van der Waals surface area contributed by atoms with Gasteiger partial charge < -0.3 is 0 Å². The van der Waals surface area contributed by atoms with Crippen molar-refractivity contribution >= 4 is 0 Å². The van der Waals surface area contributed by atoms with Gasteiger partial charge in [-0.1, -0.05) is 48.8 Å². The lowest BCUT2D eigenvalue weighted by molar-refractivity contribution is 0.781. The predicted octanol–water partition coefficient (Wildman–Crippen LogP) is 4.32. The molecule has 3 aliphatic rings. The number of hydrogen-bond acceptors (Lipinski definition) is 0. The first-order valence-corrected chi connectivity index (χ1v) is 6.18. The Balaban J connectivity index is 1.90. The summed E-state index contributed by atoms with van der Waals surface area (Å²) in [5, 5.41) is 0. The molecule has 0 aromatic rings. The number of fused-ring (bicyclic) bond motifs is 1. The van der Waals surface area contributed by atoms with E-state index in [-0.39, 0.29) is 0 Å². The summed E-state index contributed by atoms with van der Waals surface area (Å²) in [5.74, 6) is 0.685. The molecule has 0 amide bonds. The highest BCUT2D eigenvalue weighted by Gasteiger charge is 2.32. The average molecular weight is 198 g/mol. The highest BCUT2D eigenvalue weighted by Crippen LogP contribution is 2.48. The number of rotatable bonds is 3. The highest BCUT2D eigenvalue weighted by atomic mass is 14.4. The summed E-state index contributed by atoms with van der Waals surface area (Å²) in [4.78, 5) is 0. The van der Waals surface area contributed by atoms with Crippen molar-refractivity contribution in [1.82, 2.24) is 0 Å². The normalized spacial score (nSPS) is 27.7. The van der Waals surface area contributed by atoms with Crippen molar-refractivity contribution < 1.29 is 0 Å². The first-order valence-electron chi connectivity index (χ1n) is 6.18. The van der Waals surface area contributed by atoms with E-state index in [1.807, 2.05) is 0 Å². The van der Waals surface area contributed by atoms with Crippen LogP contribution in [0.5, 0.6) is 0 Å². The van der Waals surface area contributed by atoms with Crippen LogP contribution < -0.4 is 0 Å². The molecular weight excluding hydrogens is 180 g/mol. The quantitative estimate of drug-likeness (QED) is 0.633. The van der Waals surface area contributed by atoms with Gasteiger partial charge in [0.15, 0.2) is 0 Å². The van der Waals surface area contributed by atoms with E-state index in [0.717, 1.165) is 0 Å². The van der Waals surface area contributed by atoms with Gasteiger partial charge >= 0.3 is 0 Å². The van der Waals surface area contributed by atoms with Crippen molar-refractivity contribution in [3.05, 3.63) is 46.6 Å². The molecule has 1 unspecified atom stereocenters. The lowest BCUT2D eigenvalue weighted by Crippen LogP contribution is -2.03. The van der Waals surface area contributed by atoms with E-state index in [0.29, 0.717) is 5.92 Å². The fourth-order valence-electron chi connectivity index (χ4n) is 3.20. The summed E-state index contributed by atoms with van der Waals surface area (Å²) in [6.45, 7) is 2.29. The molecule has 0 radical (unpaired) electrons. The molecule has 0 nitrogen and oxygen atoms in total. The van der Waals surface area contributed by atoms with Gasteiger partial charge in [-0.15, -0.1) is 0 Å². The van der Waals surface area contributed by atoms with Gasteiger partial charge in [-0.3, -0.25) is 0 Å². The Hall–Kier alpha value is -1.04. The van der Waals surface area contributed by atoms with E-state index in [4.69, 9.17) is 0 Å². The molecule has 3 aliphatic carbocycles. The first-order chi connectivity index (χ1) is 7.40. The molecule has 0 aromatic heterocycles. The van der Waals surface area contributed by atoms with Crippen molar-refractivity contribution in [3.8, 4) is 0 Å². The van der Waals surface area contributed by atoms with Gasteiger partial charge in [-0.25, -0.2) is 0 Å². The summed E-state index contributed by atoms with van der Waals surface area (Å²) in [5.41, 5.74) is 6.76. The largest absolute Gasteiger partial charge is 0.0804 e. The number of hydrogen-bond donors (Lipinski definition) is 0. The molecule has 0 spiro atoms. The van der Waals surface area contributed by atoms with Crippen LogP contribution in [0.3, 0.4) is 0 Å². The molecule has 78 valence electrons. The molecule has 0 heteroatoms. The van der Waals surface area contributed by atoms with Crippen molar-refractivity contribution in [1.29, 1.82) is 0 Å². The third kappa shape index (κ3) is 1.35. The molecule has 0 fully saturated rings. The Labute approximate surface area is 92.1 Å². The predicted molar refractivity (Wildman–Crippen MR) is 64.6 cm³/mol. The van der Waals surface area contributed by atoms with Gasteiger partial charge in [0.2, 0.25) is 0 Å². The maximum absolute atomic E-state index is 2.53. The molecule has 15 heavy (non-hydrogen) atoms. The zero-order valence-electron chi connectivity index (χ0n) is 9.42. The maximum atomic E-state index is 2.53. The minimum atomic E-state index is 0.685. The van der Waals surface area contributed by atoms with Gasteiger partial charge in [0.1, 0.15) is 0 Å². The van der Waals surface area contributed by atoms with Crippen LogP contribution in [0.25, 0.3) is 0 Å². The van der Waals surface area contributed by atoms with Gasteiger partial charge in [0.25, 0.3) is 0 Å². The van der Waals surface area contributed by atoms with Gasteiger partial charge in [0.05, 0.1) is 0 Å². The molecule has 0 saturated carbocycles. The Morgan fingerprint density at radius 2 is 2.27 bits per heavy atom. The first kappa shape index (κ1) is 9.21. The fraction of sp³-hybridized carbons (Fsp3) is 0.467.